The Morgan fingerprint density at radius 2 is 1.28 bits per heavy atom. The van der Waals surface area contributed by atoms with Crippen LogP contribution in [0.4, 0.5) is 0 Å². The van der Waals surface area contributed by atoms with E-state index in [0.29, 0.717) is 16.7 Å². The second kappa shape index (κ2) is 14.2. The van der Waals surface area contributed by atoms with Crippen LogP contribution in [-0.2, 0) is 14.3 Å². The van der Waals surface area contributed by atoms with Gasteiger partial charge in [0.05, 0.1) is 0 Å². The molecule has 0 saturated carbocycles. The van der Waals surface area contributed by atoms with Gasteiger partial charge in [-0.3, -0.25) is 0 Å². The maximum atomic E-state index is 12.9. The van der Waals surface area contributed by atoms with Crippen molar-refractivity contribution in [1.29, 1.82) is 0 Å². The van der Waals surface area contributed by atoms with Crippen molar-refractivity contribution < 1.29 is 60.3 Å². The lowest BCUT2D eigenvalue weighted by Crippen LogP contribution is -2.37. The predicted molar refractivity (Wildman–Crippen MR) is 170 cm³/mol. The van der Waals surface area contributed by atoms with Crippen LogP contribution in [0.15, 0.2) is 66.7 Å². The van der Waals surface area contributed by atoms with Gasteiger partial charge in [0.1, 0.15) is 5.75 Å². The number of phenolic OH excluding ortho intramolecular Hbond substituents is 8. The summed E-state index contributed by atoms with van der Waals surface area (Å²) in [5.41, 5.74) is 1.83. The number of aliphatic carboxylic acids is 1. The number of nitrogens with one attached hydrogen (secondary N) is 1. The third-order valence-electron chi connectivity index (χ3n) is 7.12. The number of carboxylic acid groups (broad SMARTS) is 1. The van der Waals surface area contributed by atoms with Crippen molar-refractivity contribution in [3.8, 4) is 57.1 Å². The van der Waals surface area contributed by atoms with Crippen molar-refractivity contribution in [2.24, 2.45) is 0 Å². The summed E-state index contributed by atoms with van der Waals surface area (Å²) in [6.45, 7) is -0.0736. The smallest absolute Gasteiger partial charge is 0.345 e. The Morgan fingerprint density at radius 3 is 1.85 bits per heavy atom. The lowest BCUT2D eigenvalue weighted by Gasteiger charge is -2.24. The molecule has 244 valence electrons. The first-order chi connectivity index (χ1) is 22.3. The van der Waals surface area contributed by atoms with Crippen LogP contribution < -0.4 is 5.32 Å². The first kappa shape index (κ1) is 33.6. The molecule has 2 atom stereocenters. The van der Waals surface area contributed by atoms with E-state index in [9.17, 15) is 55.5 Å². The molecule has 4 rings (SSSR count). The van der Waals surface area contributed by atoms with Gasteiger partial charge in [-0.2, -0.15) is 0 Å². The first-order valence-corrected chi connectivity index (χ1v) is 13.9. The fourth-order valence-electron chi connectivity index (χ4n) is 4.82. The van der Waals surface area contributed by atoms with E-state index in [1.165, 1.54) is 55.6 Å². The Hall–Kier alpha value is -6.34. The molecule has 0 bridgehead atoms. The summed E-state index contributed by atoms with van der Waals surface area (Å²) in [7, 11) is 1.51. The summed E-state index contributed by atoms with van der Waals surface area (Å²) in [5, 5.41) is 92.7. The van der Waals surface area contributed by atoms with Crippen LogP contribution in [0.2, 0.25) is 0 Å². The van der Waals surface area contributed by atoms with Crippen LogP contribution in [0.25, 0.3) is 29.4 Å². The Morgan fingerprint density at radius 1 is 0.723 bits per heavy atom. The van der Waals surface area contributed by atoms with E-state index < -0.39 is 64.2 Å². The molecule has 47 heavy (non-hydrogen) atoms. The number of ether oxygens (including phenoxy) is 1. The highest BCUT2D eigenvalue weighted by Gasteiger charge is 2.33. The van der Waals surface area contributed by atoms with Gasteiger partial charge in [0, 0.05) is 18.5 Å². The third-order valence-corrected chi connectivity index (χ3v) is 7.12. The van der Waals surface area contributed by atoms with E-state index >= 15 is 0 Å². The molecule has 0 aliphatic rings. The lowest BCUT2D eigenvalue weighted by molar-refractivity contribution is -0.162. The molecule has 0 unspecified atom stereocenters. The van der Waals surface area contributed by atoms with Gasteiger partial charge in [0.15, 0.2) is 40.2 Å². The Bertz CT molecular complexity index is 1860. The molecule has 0 heterocycles. The summed E-state index contributed by atoms with van der Waals surface area (Å²) >= 11 is 0. The normalized spacial score (nSPS) is 12.7. The summed E-state index contributed by atoms with van der Waals surface area (Å²) in [6.07, 6.45) is 3.29. The zero-order valence-corrected chi connectivity index (χ0v) is 24.7. The van der Waals surface area contributed by atoms with Gasteiger partial charge in [0.2, 0.25) is 6.10 Å². The Labute approximate surface area is 267 Å². The number of hydrogen-bond acceptors (Lipinski definition) is 12. The lowest BCUT2D eigenvalue weighted by atomic mass is 9.92. The Balaban J connectivity index is 1.66. The molecular weight excluding hydrogens is 614 g/mol. The van der Waals surface area contributed by atoms with Crippen molar-refractivity contribution in [2.75, 3.05) is 13.6 Å². The molecule has 0 spiro atoms. The number of hydrogen-bond donors (Lipinski definition) is 10. The molecule has 4 aromatic carbocycles. The van der Waals surface area contributed by atoms with Crippen molar-refractivity contribution in [1.82, 2.24) is 5.32 Å². The number of carboxylic acids is 1. The average molecular weight is 646 g/mol. The molecule has 0 radical (unpaired) electrons. The molecule has 4 aromatic rings. The van der Waals surface area contributed by atoms with Crippen LogP contribution in [0, 0.1) is 0 Å². The van der Waals surface area contributed by atoms with Crippen molar-refractivity contribution in [3.63, 3.8) is 0 Å². The fourth-order valence-corrected chi connectivity index (χ4v) is 4.82. The van der Waals surface area contributed by atoms with Crippen LogP contribution in [0.5, 0.6) is 46.0 Å². The van der Waals surface area contributed by atoms with Crippen LogP contribution in [0.1, 0.15) is 28.2 Å². The number of likely N-dealkylation sites (N-methyl/N-ethyl adjacent to an activating group) is 1. The van der Waals surface area contributed by atoms with Gasteiger partial charge in [-0.05, 0) is 95.0 Å². The van der Waals surface area contributed by atoms with Gasteiger partial charge in [-0.15, -0.1) is 0 Å². The molecule has 0 saturated heterocycles. The summed E-state index contributed by atoms with van der Waals surface area (Å²) in [6, 6.07) is 13.2. The minimum atomic E-state index is -1.81. The van der Waals surface area contributed by atoms with E-state index in [1.54, 1.807) is 12.1 Å². The van der Waals surface area contributed by atoms with Crippen molar-refractivity contribution >= 4 is 30.2 Å². The summed E-state index contributed by atoms with van der Waals surface area (Å²) < 4.78 is 5.24. The van der Waals surface area contributed by atoms with Crippen LogP contribution in [0.3, 0.4) is 0 Å². The van der Waals surface area contributed by atoms with Gasteiger partial charge in [0.25, 0.3) is 0 Å². The van der Waals surface area contributed by atoms with E-state index in [1.807, 2.05) is 0 Å². The topological polar surface area (TPSA) is 237 Å². The fraction of sp³-hybridized carbons (Fsp3) is 0.118. The minimum Gasteiger partial charge on any atom is -0.508 e. The number of carbonyl (C=O) groups is 2. The van der Waals surface area contributed by atoms with Crippen molar-refractivity contribution in [3.05, 3.63) is 89.0 Å². The largest absolute Gasteiger partial charge is 0.508 e. The Kier molecular flexibility index (Phi) is 10.1. The second-order valence-electron chi connectivity index (χ2n) is 10.4. The van der Waals surface area contributed by atoms with E-state index in [2.05, 4.69) is 5.32 Å². The molecule has 13 nitrogen and oxygen atoms in total. The molecule has 10 N–H and O–H groups in total. The third kappa shape index (κ3) is 7.85. The maximum Gasteiger partial charge on any atom is 0.345 e. The maximum absolute atomic E-state index is 12.9. The number of carbonyl (C=O) groups excluding carboxylic acids is 1. The molecule has 13 heteroatoms. The second-order valence-corrected chi connectivity index (χ2v) is 10.4. The quantitative estimate of drug-likeness (QED) is 0.0477. The van der Waals surface area contributed by atoms with Gasteiger partial charge < -0.3 is 56.0 Å². The van der Waals surface area contributed by atoms with Gasteiger partial charge in [-0.1, -0.05) is 24.3 Å². The number of esters is 1. The zero-order valence-electron chi connectivity index (χ0n) is 24.7. The molecule has 0 amide bonds. The molecule has 0 aromatic heterocycles. The van der Waals surface area contributed by atoms with Crippen LogP contribution >= 0.6 is 0 Å². The van der Waals surface area contributed by atoms with Crippen molar-refractivity contribution in [2.45, 2.75) is 12.0 Å². The molecule has 0 aliphatic carbocycles. The SMILES string of the molecule is CNC[C@@H](c1cc(O)c(O)c(O)c1)[C@@H](OC(=O)/C=C/c1cc(O)c(O)cc1/C=C/c1cc(O)c(O)cc1-c1cccc(O)c1)C(=O)O. The van der Waals surface area contributed by atoms with E-state index in [4.69, 9.17) is 4.74 Å². The monoisotopic (exact) mass is 645 g/mol. The average Bonchev–Trinajstić information content (AvgIpc) is 3.02. The molecule has 0 fully saturated rings. The van der Waals surface area contributed by atoms with Gasteiger partial charge in [-0.25, -0.2) is 9.59 Å². The zero-order chi connectivity index (χ0) is 34.4. The number of phenols is 8. The van der Waals surface area contributed by atoms with Gasteiger partial charge >= 0.3 is 11.9 Å². The summed E-state index contributed by atoms with van der Waals surface area (Å²) in [5.74, 6) is -7.86. The highest BCUT2D eigenvalue weighted by molar-refractivity contribution is 5.91. The highest BCUT2D eigenvalue weighted by Crippen LogP contribution is 2.39. The van der Waals surface area contributed by atoms with Crippen LogP contribution in [-0.4, -0.2) is 77.6 Å². The predicted octanol–water partition coefficient (Wildman–Crippen LogP) is 4.18. The number of rotatable bonds is 11. The molecule has 0 aliphatic heterocycles. The minimum absolute atomic E-state index is 0.0328. The number of benzene rings is 4. The highest BCUT2D eigenvalue weighted by atomic mass is 16.6. The standard InChI is InChI=1S/C34H31NO12/c1-35-16-24(21-13-29(41)32(44)30(42)14-21)33(34(45)46)47-31(43)8-7-18-11-26(38)25(37)10-17(18)5-6-20-12-27(39)28(40)15-23(20)19-3-2-4-22(36)9-19/h2-15,24,33,35-42,44H,16H2,1H3,(H,45,46)/b6-5+,8-7+/t24-,33+/m0/s1. The number of aromatic hydroxyl groups is 8. The molecular formula is C34H31NO12. The summed E-state index contributed by atoms with van der Waals surface area (Å²) in [4.78, 5) is 25.0. The van der Waals surface area contributed by atoms with E-state index in [0.717, 1.165) is 24.3 Å². The van der Waals surface area contributed by atoms with E-state index in [-0.39, 0.29) is 29.0 Å². The first-order valence-electron chi connectivity index (χ1n) is 13.9.